The van der Waals surface area contributed by atoms with Crippen LogP contribution in [0.4, 0.5) is 0 Å². The van der Waals surface area contributed by atoms with Gasteiger partial charge in [0.05, 0.1) is 0 Å². The zero-order valence-electron chi connectivity index (χ0n) is 7.70. The molecule has 0 aliphatic carbocycles. The average molecular weight is 195 g/mol. The van der Waals surface area contributed by atoms with Crippen molar-refractivity contribution in [1.82, 2.24) is 5.32 Å². The lowest BCUT2D eigenvalue weighted by atomic mass is 9.93. The van der Waals surface area contributed by atoms with Crippen molar-refractivity contribution in [3.05, 3.63) is 17.7 Å². The second-order valence-electron chi connectivity index (χ2n) is 3.67. The molecule has 0 bridgehead atoms. The van der Waals surface area contributed by atoms with E-state index in [0.717, 1.165) is 19.5 Å². The van der Waals surface area contributed by atoms with Crippen LogP contribution in [-0.4, -0.2) is 28.4 Å². The van der Waals surface area contributed by atoms with Gasteiger partial charge in [0.1, 0.15) is 0 Å². The lowest BCUT2D eigenvalue weighted by molar-refractivity contribution is 0.333. The number of aromatic hydroxyl groups is 3. The molecule has 2 rings (SSSR count). The van der Waals surface area contributed by atoms with Crippen LogP contribution in [0.15, 0.2) is 12.1 Å². The summed E-state index contributed by atoms with van der Waals surface area (Å²) in [5.41, 5.74) is 0.687. The van der Waals surface area contributed by atoms with E-state index in [9.17, 15) is 10.2 Å². The summed E-state index contributed by atoms with van der Waals surface area (Å²) in [6.45, 7) is 1.89. The van der Waals surface area contributed by atoms with Crippen molar-refractivity contribution in [3.8, 4) is 17.2 Å². The quantitative estimate of drug-likeness (QED) is 0.520. The van der Waals surface area contributed by atoms with E-state index < -0.39 is 5.75 Å². The second-order valence-corrected chi connectivity index (χ2v) is 3.67. The summed E-state index contributed by atoms with van der Waals surface area (Å²) < 4.78 is 0. The number of rotatable bonds is 2. The SMILES string of the molecule is Oc1ccc(CC2CNC2)c(O)c1O. The number of benzene rings is 1. The predicted octanol–water partition coefficient (Wildman–Crippen LogP) is 0.565. The highest BCUT2D eigenvalue weighted by Gasteiger charge is 2.20. The minimum atomic E-state index is -0.421. The Labute approximate surface area is 81.8 Å². The molecule has 4 heteroatoms. The Bertz CT molecular complexity index is 347. The van der Waals surface area contributed by atoms with E-state index >= 15 is 0 Å². The van der Waals surface area contributed by atoms with Crippen molar-refractivity contribution in [3.63, 3.8) is 0 Å². The van der Waals surface area contributed by atoms with Gasteiger partial charge in [-0.25, -0.2) is 0 Å². The number of hydrogen-bond donors (Lipinski definition) is 4. The van der Waals surface area contributed by atoms with E-state index in [1.807, 2.05) is 0 Å². The Balaban J connectivity index is 2.20. The highest BCUT2D eigenvalue weighted by molar-refractivity contribution is 5.53. The van der Waals surface area contributed by atoms with Crippen molar-refractivity contribution in [1.29, 1.82) is 0 Å². The largest absolute Gasteiger partial charge is 0.504 e. The van der Waals surface area contributed by atoms with Crippen LogP contribution >= 0.6 is 0 Å². The predicted molar refractivity (Wildman–Crippen MR) is 51.5 cm³/mol. The van der Waals surface area contributed by atoms with E-state index in [1.165, 1.54) is 6.07 Å². The molecule has 0 atom stereocenters. The van der Waals surface area contributed by atoms with Crippen LogP contribution in [0.3, 0.4) is 0 Å². The molecule has 76 valence electrons. The molecule has 1 aliphatic rings. The monoisotopic (exact) mass is 195 g/mol. The first-order chi connectivity index (χ1) is 6.68. The number of hydrogen-bond acceptors (Lipinski definition) is 4. The molecule has 1 aromatic rings. The molecule has 1 aliphatic heterocycles. The molecule has 14 heavy (non-hydrogen) atoms. The molecule has 0 amide bonds. The van der Waals surface area contributed by atoms with E-state index in [-0.39, 0.29) is 11.5 Å². The lowest BCUT2D eigenvalue weighted by Gasteiger charge is -2.27. The molecule has 0 aromatic heterocycles. The van der Waals surface area contributed by atoms with Gasteiger partial charge in [0.25, 0.3) is 0 Å². The minimum absolute atomic E-state index is 0.197. The van der Waals surface area contributed by atoms with E-state index in [1.54, 1.807) is 6.07 Å². The zero-order chi connectivity index (χ0) is 10.1. The molecule has 4 N–H and O–H groups in total. The van der Waals surface area contributed by atoms with Gasteiger partial charge in [0, 0.05) is 0 Å². The van der Waals surface area contributed by atoms with Crippen LogP contribution in [0.1, 0.15) is 5.56 Å². The van der Waals surface area contributed by atoms with Gasteiger partial charge in [-0.1, -0.05) is 6.07 Å². The van der Waals surface area contributed by atoms with E-state index in [4.69, 9.17) is 5.11 Å². The third-order valence-corrected chi connectivity index (χ3v) is 2.59. The highest BCUT2D eigenvalue weighted by Crippen LogP contribution is 2.38. The smallest absolute Gasteiger partial charge is 0.200 e. The molecular formula is C10H13NO3. The third kappa shape index (κ3) is 1.48. The summed E-state index contributed by atoms with van der Waals surface area (Å²) >= 11 is 0. The van der Waals surface area contributed by atoms with E-state index in [2.05, 4.69) is 5.32 Å². The van der Waals surface area contributed by atoms with Crippen molar-refractivity contribution in [2.75, 3.05) is 13.1 Å². The van der Waals surface area contributed by atoms with Gasteiger partial charge >= 0.3 is 0 Å². The molecule has 1 saturated heterocycles. The zero-order valence-corrected chi connectivity index (χ0v) is 7.70. The number of phenols is 3. The summed E-state index contributed by atoms with van der Waals surface area (Å²) in [5.74, 6) is -0.380. The lowest BCUT2D eigenvalue weighted by Crippen LogP contribution is -2.43. The van der Waals surface area contributed by atoms with Crippen LogP contribution in [0.2, 0.25) is 0 Å². The van der Waals surface area contributed by atoms with Gasteiger partial charge in [-0.2, -0.15) is 0 Å². The Morgan fingerprint density at radius 1 is 1.14 bits per heavy atom. The summed E-state index contributed by atoms with van der Waals surface area (Å²) in [6.07, 6.45) is 0.729. The third-order valence-electron chi connectivity index (χ3n) is 2.59. The van der Waals surface area contributed by atoms with Gasteiger partial charge < -0.3 is 20.6 Å². The molecule has 1 fully saturated rings. The van der Waals surface area contributed by atoms with Crippen LogP contribution in [0.25, 0.3) is 0 Å². The molecule has 0 radical (unpaired) electrons. The van der Waals surface area contributed by atoms with Gasteiger partial charge in [-0.05, 0) is 37.1 Å². The van der Waals surface area contributed by atoms with Gasteiger partial charge in [-0.3, -0.25) is 0 Å². The molecule has 1 aromatic carbocycles. The fraction of sp³-hybridized carbons (Fsp3) is 0.400. The van der Waals surface area contributed by atoms with Gasteiger partial charge in [0.2, 0.25) is 5.75 Å². The standard InChI is InChI=1S/C10H13NO3/c12-8-2-1-7(9(13)10(8)14)3-6-4-11-5-6/h1-2,6,11-14H,3-5H2. The molecule has 0 spiro atoms. The van der Waals surface area contributed by atoms with Crippen LogP contribution < -0.4 is 5.32 Å². The molecule has 0 unspecified atom stereocenters. The average Bonchev–Trinajstić information content (AvgIpc) is 2.10. The van der Waals surface area contributed by atoms with Crippen molar-refractivity contribution in [2.24, 2.45) is 5.92 Å². The summed E-state index contributed by atoms with van der Waals surface area (Å²) in [4.78, 5) is 0. The Morgan fingerprint density at radius 2 is 1.86 bits per heavy atom. The van der Waals surface area contributed by atoms with Crippen molar-refractivity contribution < 1.29 is 15.3 Å². The second kappa shape index (κ2) is 3.38. The van der Waals surface area contributed by atoms with Crippen LogP contribution in [0, 0.1) is 5.92 Å². The maximum atomic E-state index is 9.52. The highest BCUT2D eigenvalue weighted by atomic mass is 16.3. The van der Waals surface area contributed by atoms with Gasteiger partial charge in [-0.15, -0.1) is 0 Å². The molecule has 1 heterocycles. The topological polar surface area (TPSA) is 72.7 Å². The van der Waals surface area contributed by atoms with Gasteiger partial charge in [0.15, 0.2) is 11.5 Å². The summed E-state index contributed by atoms with van der Waals surface area (Å²) in [6, 6.07) is 3.04. The maximum Gasteiger partial charge on any atom is 0.200 e. The normalized spacial score (nSPS) is 16.6. The van der Waals surface area contributed by atoms with Crippen LogP contribution in [0.5, 0.6) is 17.2 Å². The fourth-order valence-electron chi connectivity index (χ4n) is 1.58. The number of phenolic OH excluding ortho intramolecular Hbond substituents is 3. The van der Waals surface area contributed by atoms with E-state index in [0.29, 0.717) is 11.5 Å². The first-order valence-electron chi connectivity index (χ1n) is 4.62. The number of nitrogens with one attached hydrogen (secondary N) is 1. The van der Waals surface area contributed by atoms with Crippen molar-refractivity contribution >= 4 is 0 Å². The molecule has 4 nitrogen and oxygen atoms in total. The molecular weight excluding hydrogens is 182 g/mol. The first kappa shape index (κ1) is 9.15. The Morgan fingerprint density at radius 3 is 2.43 bits per heavy atom. The minimum Gasteiger partial charge on any atom is -0.504 e. The summed E-state index contributed by atoms with van der Waals surface area (Å²) in [7, 11) is 0. The van der Waals surface area contributed by atoms with Crippen molar-refractivity contribution in [2.45, 2.75) is 6.42 Å². The van der Waals surface area contributed by atoms with Crippen LogP contribution in [-0.2, 0) is 6.42 Å². The Hall–Kier alpha value is -1.42. The fourth-order valence-corrected chi connectivity index (χ4v) is 1.58. The maximum absolute atomic E-state index is 9.52. The first-order valence-corrected chi connectivity index (χ1v) is 4.62. The molecule has 0 saturated carbocycles. The Kier molecular flexibility index (Phi) is 2.21. The summed E-state index contributed by atoms with van der Waals surface area (Å²) in [5, 5.41) is 31.0.